The Balaban J connectivity index is 1.37. The first-order chi connectivity index (χ1) is 15.6. The fourth-order valence-corrected chi connectivity index (χ4v) is 8.67. The van der Waals surface area contributed by atoms with Gasteiger partial charge in [0.2, 0.25) is 0 Å². The highest BCUT2D eigenvalue weighted by molar-refractivity contribution is 5.75. The second-order valence-electron chi connectivity index (χ2n) is 12.0. The molecule has 1 aromatic heterocycles. The number of rotatable bonds is 3. The second-order valence-corrected chi connectivity index (χ2v) is 12.0. The third-order valence-corrected chi connectivity index (χ3v) is 10.6. The monoisotopic (exact) mass is 457 g/mol. The van der Waals surface area contributed by atoms with Gasteiger partial charge in [-0.3, -0.25) is 4.79 Å². The van der Waals surface area contributed by atoms with E-state index in [0.717, 1.165) is 63.4 Å². The van der Waals surface area contributed by atoms with E-state index in [1.165, 1.54) is 6.07 Å². The van der Waals surface area contributed by atoms with E-state index in [2.05, 4.69) is 13.8 Å². The Hall–Kier alpha value is -1.66. The van der Waals surface area contributed by atoms with Gasteiger partial charge < -0.3 is 20.0 Å². The summed E-state index contributed by atoms with van der Waals surface area (Å²) < 4.78 is 10.9. The van der Waals surface area contributed by atoms with Gasteiger partial charge in [0.25, 0.3) is 0 Å². The Bertz CT molecular complexity index is 953. The minimum atomic E-state index is -0.691. The van der Waals surface area contributed by atoms with E-state index < -0.39 is 11.6 Å². The predicted octanol–water partition coefficient (Wildman–Crippen LogP) is 4.14. The molecule has 1 aromatic rings. The predicted molar refractivity (Wildman–Crippen MR) is 124 cm³/mol. The fourth-order valence-electron chi connectivity index (χ4n) is 8.67. The van der Waals surface area contributed by atoms with Crippen LogP contribution in [0.5, 0.6) is 0 Å². The van der Waals surface area contributed by atoms with Crippen molar-refractivity contribution in [2.45, 2.75) is 102 Å². The number of hydrogen-bond acceptors (Lipinski definition) is 6. The molecule has 4 fully saturated rings. The van der Waals surface area contributed by atoms with E-state index >= 15 is 0 Å². The molecule has 0 saturated heterocycles. The molecule has 9 atom stereocenters. The molecule has 1 heterocycles. The number of hydrogen-bond donors (Lipinski definition) is 2. The summed E-state index contributed by atoms with van der Waals surface area (Å²) in [6, 6.07) is 2.82. The molecule has 182 valence electrons. The lowest BCUT2D eigenvalue weighted by Gasteiger charge is -2.63. The second kappa shape index (κ2) is 7.94. The van der Waals surface area contributed by atoms with E-state index in [1.54, 1.807) is 13.2 Å². The zero-order valence-electron chi connectivity index (χ0n) is 20.2. The first kappa shape index (κ1) is 23.1. The van der Waals surface area contributed by atoms with Crippen LogP contribution in [-0.2, 0) is 9.53 Å². The summed E-state index contributed by atoms with van der Waals surface area (Å²) in [6.07, 6.45) is 10.4. The highest BCUT2D eigenvalue weighted by Crippen LogP contribution is 2.70. The van der Waals surface area contributed by atoms with E-state index in [1.807, 2.05) is 6.07 Å². The Labute approximate surface area is 196 Å². The van der Waals surface area contributed by atoms with Crippen LogP contribution in [0.3, 0.4) is 0 Å². The van der Waals surface area contributed by atoms with Gasteiger partial charge in [-0.15, -0.1) is 0 Å². The summed E-state index contributed by atoms with van der Waals surface area (Å²) in [4.78, 5) is 23.5. The topological polar surface area (TPSA) is 103 Å². The molecule has 0 bridgehead atoms. The molecular weight excluding hydrogens is 418 g/mol. The van der Waals surface area contributed by atoms with Crippen LogP contribution in [0.2, 0.25) is 0 Å². The first-order valence-corrected chi connectivity index (χ1v) is 12.9. The van der Waals surface area contributed by atoms with Gasteiger partial charge >= 0.3 is 11.6 Å². The van der Waals surface area contributed by atoms with Gasteiger partial charge in [-0.05, 0) is 105 Å². The SMILES string of the molecule is CC(N)C(=O)OC1CC[C@@]2(C)[C@H](CC[C@@H]3[C@@H]2CCC2(C)[C@@H](c4ccc(=O)oc4)CC[C@]32O)C1. The Morgan fingerprint density at radius 3 is 2.61 bits per heavy atom. The van der Waals surface area contributed by atoms with Crippen molar-refractivity contribution < 1.29 is 19.1 Å². The van der Waals surface area contributed by atoms with Crippen molar-refractivity contribution in [2.24, 2.45) is 34.3 Å². The molecule has 0 radical (unpaired) electrons. The molecule has 0 aromatic carbocycles. The molecule has 6 heteroatoms. The van der Waals surface area contributed by atoms with E-state index in [9.17, 15) is 14.7 Å². The Kier molecular flexibility index (Phi) is 5.56. The van der Waals surface area contributed by atoms with Crippen LogP contribution in [0.1, 0.15) is 90.0 Å². The molecule has 0 aliphatic heterocycles. The number of aliphatic hydroxyl groups is 1. The number of carbonyl (C=O) groups excluding carboxylic acids is 1. The maximum atomic E-state index is 12.3. The minimum absolute atomic E-state index is 0.0290. The highest BCUT2D eigenvalue weighted by Gasteiger charge is 2.67. The van der Waals surface area contributed by atoms with Gasteiger partial charge in [0.1, 0.15) is 12.1 Å². The smallest absolute Gasteiger partial charge is 0.335 e. The summed E-state index contributed by atoms with van der Waals surface area (Å²) in [5, 5.41) is 12.3. The molecule has 0 spiro atoms. The van der Waals surface area contributed by atoms with E-state index in [4.69, 9.17) is 14.9 Å². The normalized spacial score (nSPS) is 45.4. The van der Waals surface area contributed by atoms with Crippen LogP contribution >= 0.6 is 0 Å². The van der Waals surface area contributed by atoms with Crippen molar-refractivity contribution in [1.82, 2.24) is 0 Å². The van der Waals surface area contributed by atoms with Crippen LogP contribution in [0.25, 0.3) is 0 Å². The van der Waals surface area contributed by atoms with Crippen LogP contribution in [0.15, 0.2) is 27.6 Å². The quantitative estimate of drug-likeness (QED) is 0.661. The van der Waals surface area contributed by atoms with Crippen molar-refractivity contribution in [3.63, 3.8) is 0 Å². The van der Waals surface area contributed by atoms with E-state index in [0.29, 0.717) is 17.8 Å². The van der Waals surface area contributed by atoms with Gasteiger partial charge in [0.05, 0.1) is 11.9 Å². The fraction of sp³-hybridized carbons (Fsp3) is 0.778. The van der Waals surface area contributed by atoms with E-state index in [-0.39, 0.29) is 34.4 Å². The van der Waals surface area contributed by atoms with Gasteiger partial charge in [-0.25, -0.2) is 4.79 Å². The van der Waals surface area contributed by atoms with Crippen LogP contribution in [0, 0.1) is 28.6 Å². The zero-order chi connectivity index (χ0) is 23.6. The summed E-state index contributed by atoms with van der Waals surface area (Å²) in [7, 11) is 0. The molecule has 33 heavy (non-hydrogen) atoms. The summed E-state index contributed by atoms with van der Waals surface area (Å²) in [5.41, 5.74) is 5.71. The standard InChI is InChI=1S/C27H39NO5/c1-16(28)24(30)33-19-8-11-25(2)18(14-19)5-6-22-21(25)9-12-26(3)20(10-13-27(22,26)31)17-4-7-23(29)32-15-17/h4,7,15-16,18-22,31H,5-6,8-14,28H2,1-3H3/t16?,18-,19?,20-,21+,22-,25+,26?,27+/m1/s1. The molecule has 3 N–H and O–H groups in total. The number of carbonyl (C=O) groups is 1. The number of nitrogens with two attached hydrogens (primary N) is 1. The van der Waals surface area contributed by atoms with Crippen LogP contribution < -0.4 is 11.4 Å². The molecule has 4 aliphatic rings. The number of ether oxygens (including phenoxy) is 1. The van der Waals surface area contributed by atoms with Crippen molar-refractivity contribution in [3.8, 4) is 0 Å². The summed E-state index contributed by atoms with van der Waals surface area (Å²) >= 11 is 0. The van der Waals surface area contributed by atoms with Crippen LogP contribution in [0.4, 0.5) is 0 Å². The van der Waals surface area contributed by atoms with Gasteiger partial charge in [-0.2, -0.15) is 0 Å². The van der Waals surface area contributed by atoms with Gasteiger partial charge in [0.15, 0.2) is 0 Å². The molecule has 5 rings (SSSR count). The van der Waals surface area contributed by atoms with Crippen LogP contribution in [-0.4, -0.2) is 28.8 Å². The zero-order valence-corrected chi connectivity index (χ0v) is 20.2. The Morgan fingerprint density at radius 1 is 1.12 bits per heavy atom. The molecule has 4 aliphatic carbocycles. The number of fused-ring (bicyclic) bond motifs is 5. The molecule has 3 unspecified atom stereocenters. The lowest BCUT2D eigenvalue weighted by Crippen LogP contribution is -2.62. The van der Waals surface area contributed by atoms with Crippen molar-refractivity contribution in [1.29, 1.82) is 0 Å². The first-order valence-electron chi connectivity index (χ1n) is 12.9. The average Bonchev–Trinajstić information content (AvgIpc) is 3.06. The molecule has 0 amide bonds. The van der Waals surface area contributed by atoms with Crippen molar-refractivity contribution in [2.75, 3.05) is 0 Å². The lowest BCUT2D eigenvalue weighted by atomic mass is 9.43. The average molecular weight is 458 g/mol. The largest absolute Gasteiger partial charge is 0.461 e. The van der Waals surface area contributed by atoms with Crippen molar-refractivity contribution in [3.05, 3.63) is 34.4 Å². The van der Waals surface area contributed by atoms with Gasteiger partial charge in [-0.1, -0.05) is 13.8 Å². The summed E-state index contributed by atoms with van der Waals surface area (Å²) in [5.74, 6) is 1.22. The summed E-state index contributed by atoms with van der Waals surface area (Å²) in [6.45, 7) is 6.38. The minimum Gasteiger partial charge on any atom is -0.461 e. The molecule has 4 saturated carbocycles. The molecule has 6 nitrogen and oxygen atoms in total. The Morgan fingerprint density at radius 2 is 1.91 bits per heavy atom. The number of esters is 1. The maximum absolute atomic E-state index is 12.3. The molecular formula is C27H39NO5. The third-order valence-electron chi connectivity index (χ3n) is 10.6. The lowest BCUT2D eigenvalue weighted by molar-refractivity contribution is -0.207. The maximum Gasteiger partial charge on any atom is 0.335 e. The van der Waals surface area contributed by atoms with Crippen molar-refractivity contribution >= 4 is 5.97 Å². The van der Waals surface area contributed by atoms with Gasteiger partial charge in [0, 0.05) is 11.5 Å². The highest BCUT2D eigenvalue weighted by atomic mass is 16.5. The third kappa shape index (κ3) is 3.43.